The summed E-state index contributed by atoms with van der Waals surface area (Å²) in [6.45, 7) is 2.18. The number of primary amides is 1. The number of rotatable bonds is 7. The van der Waals surface area contributed by atoms with Crippen LogP contribution in [0.15, 0.2) is 42.5 Å². The van der Waals surface area contributed by atoms with Gasteiger partial charge in [0.1, 0.15) is 11.5 Å². The second-order valence-electron chi connectivity index (χ2n) is 5.28. The summed E-state index contributed by atoms with van der Waals surface area (Å²) in [6, 6.07) is 12.5. The van der Waals surface area contributed by atoms with Gasteiger partial charge in [0, 0.05) is 12.6 Å². The molecule has 0 aliphatic carbocycles. The van der Waals surface area contributed by atoms with Gasteiger partial charge in [-0.3, -0.25) is 9.59 Å². The molecule has 0 saturated carbocycles. The topological polar surface area (TPSA) is 90.7 Å². The van der Waals surface area contributed by atoms with Crippen LogP contribution in [0.3, 0.4) is 0 Å². The third-order valence-electron chi connectivity index (χ3n) is 3.42. The van der Waals surface area contributed by atoms with Crippen molar-refractivity contribution in [1.82, 2.24) is 5.32 Å². The van der Waals surface area contributed by atoms with E-state index in [1.807, 2.05) is 31.2 Å². The molecule has 3 N–H and O–H groups in total. The first-order valence-electron chi connectivity index (χ1n) is 7.42. The Morgan fingerprint density at radius 2 is 1.83 bits per heavy atom. The molecule has 0 aromatic heterocycles. The molecule has 2 aromatic rings. The van der Waals surface area contributed by atoms with Crippen LogP contribution in [0.25, 0.3) is 0 Å². The van der Waals surface area contributed by atoms with Crippen molar-refractivity contribution in [2.24, 2.45) is 5.73 Å². The highest BCUT2D eigenvalue weighted by atomic mass is 16.5. The summed E-state index contributed by atoms with van der Waals surface area (Å²) >= 11 is 0. The molecule has 0 unspecified atom stereocenters. The molecule has 2 amide bonds. The molecule has 0 saturated heterocycles. The molecule has 0 fully saturated rings. The standard InChI is InChI=1S/C18H20N2O4/c1-12-3-5-13(6-4-12)10-20-17(21)11-24-16-9-14(23-2)7-8-15(16)18(19)22/h3-9H,10-11H2,1-2H3,(H2,19,22)(H,20,21). The largest absolute Gasteiger partial charge is 0.497 e. The molecular weight excluding hydrogens is 308 g/mol. The van der Waals surface area contributed by atoms with E-state index in [1.165, 1.54) is 19.2 Å². The van der Waals surface area contributed by atoms with E-state index in [2.05, 4.69) is 5.32 Å². The maximum atomic E-state index is 11.9. The summed E-state index contributed by atoms with van der Waals surface area (Å²) in [7, 11) is 1.50. The lowest BCUT2D eigenvalue weighted by atomic mass is 10.1. The molecule has 0 atom stereocenters. The molecule has 0 aliphatic heterocycles. The zero-order valence-corrected chi connectivity index (χ0v) is 13.7. The van der Waals surface area contributed by atoms with Gasteiger partial charge < -0.3 is 20.5 Å². The number of nitrogens with one attached hydrogen (secondary N) is 1. The second kappa shape index (κ2) is 8.01. The number of hydrogen-bond acceptors (Lipinski definition) is 4. The Balaban J connectivity index is 1.93. The highest BCUT2D eigenvalue weighted by Gasteiger charge is 2.12. The quantitative estimate of drug-likeness (QED) is 0.811. The minimum Gasteiger partial charge on any atom is -0.497 e. The van der Waals surface area contributed by atoms with E-state index in [0.29, 0.717) is 12.3 Å². The van der Waals surface area contributed by atoms with Crippen molar-refractivity contribution < 1.29 is 19.1 Å². The number of ether oxygens (including phenoxy) is 2. The van der Waals surface area contributed by atoms with Gasteiger partial charge in [0.15, 0.2) is 6.61 Å². The monoisotopic (exact) mass is 328 g/mol. The molecule has 6 nitrogen and oxygen atoms in total. The summed E-state index contributed by atoms with van der Waals surface area (Å²) in [5.41, 5.74) is 7.65. The number of methoxy groups -OCH3 is 1. The molecule has 0 spiro atoms. The predicted molar refractivity (Wildman–Crippen MR) is 90.0 cm³/mol. The van der Waals surface area contributed by atoms with Gasteiger partial charge in [0.25, 0.3) is 11.8 Å². The fourth-order valence-corrected chi connectivity index (χ4v) is 2.05. The zero-order chi connectivity index (χ0) is 17.5. The number of amides is 2. The number of carbonyl (C=O) groups is 2. The fourth-order valence-electron chi connectivity index (χ4n) is 2.05. The lowest BCUT2D eigenvalue weighted by Gasteiger charge is -2.11. The van der Waals surface area contributed by atoms with Crippen LogP contribution in [-0.2, 0) is 11.3 Å². The van der Waals surface area contributed by atoms with Crippen LogP contribution in [0, 0.1) is 6.92 Å². The molecule has 0 radical (unpaired) electrons. The van der Waals surface area contributed by atoms with Crippen LogP contribution in [-0.4, -0.2) is 25.5 Å². The first-order valence-corrected chi connectivity index (χ1v) is 7.42. The Morgan fingerprint density at radius 3 is 2.46 bits per heavy atom. The molecule has 24 heavy (non-hydrogen) atoms. The molecule has 0 heterocycles. The van der Waals surface area contributed by atoms with E-state index >= 15 is 0 Å². The Kier molecular flexibility index (Phi) is 5.78. The van der Waals surface area contributed by atoms with E-state index in [9.17, 15) is 9.59 Å². The molecule has 0 bridgehead atoms. The van der Waals surface area contributed by atoms with E-state index in [0.717, 1.165) is 11.1 Å². The maximum absolute atomic E-state index is 11.9. The number of hydrogen-bond donors (Lipinski definition) is 2. The molecule has 0 aliphatic rings. The number of carbonyl (C=O) groups excluding carboxylic acids is 2. The highest BCUT2D eigenvalue weighted by Crippen LogP contribution is 2.24. The maximum Gasteiger partial charge on any atom is 0.258 e. The van der Waals surface area contributed by atoms with Gasteiger partial charge in [0.2, 0.25) is 0 Å². The van der Waals surface area contributed by atoms with Gasteiger partial charge in [-0.05, 0) is 24.6 Å². The van der Waals surface area contributed by atoms with Crippen LogP contribution < -0.4 is 20.5 Å². The molecule has 126 valence electrons. The first-order chi connectivity index (χ1) is 11.5. The molecular formula is C18H20N2O4. The summed E-state index contributed by atoms with van der Waals surface area (Å²) in [6.07, 6.45) is 0. The normalized spacial score (nSPS) is 10.1. The smallest absolute Gasteiger partial charge is 0.258 e. The summed E-state index contributed by atoms with van der Waals surface area (Å²) in [5.74, 6) is -0.205. The van der Waals surface area contributed by atoms with Crippen molar-refractivity contribution in [2.75, 3.05) is 13.7 Å². The SMILES string of the molecule is COc1ccc(C(N)=O)c(OCC(=O)NCc2ccc(C)cc2)c1. The van der Waals surface area contributed by atoms with Crippen LogP contribution in [0.4, 0.5) is 0 Å². The number of nitrogens with two attached hydrogens (primary N) is 1. The molecule has 2 rings (SSSR count). The van der Waals surface area contributed by atoms with Gasteiger partial charge in [0.05, 0.1) is 12.7 Å². The average Bonchev–Trinajstić information content (AvgIpc) is 2.59. The molecule has 2 aromatic carbocycles. The summed E-state index contributed by atoms with van der Waals surface area (Å²) in [4.78, 5) is 23.3. The Hall–Kier alpha value is -3.02. The minimum atomic E-state index is -0.632. The van der Waals surface area contributed by atoms with Gasteiger partial charge in [-0.2, -0.15) is 0 Å². The van der Waals surface area contributed by atoms with Gasteiger partial charge in [-0.1, -0.05) is 29.8 Å². The van der Waals surface area contributed by atoms with E-state index in [1.54, 1.807) is 6.07 Å². The minimum absolute atomic E-state index is 0.196. The summed E-state index contributed by atoms with van der Waals surface area (Å²) < 4.78 is 10.5. The van der Waals surface area contributed by atoms with Crippen molar-refractivity contribution in [3.63, 3.8) is 0 Å². The van der Waals surface area contributed by atoms with E-state index < -0.39 is 5.91 Å². The van der Waals surface area contributed by atoms with E-state index in [4.69, 9.17) is 15.2 Å². The van der Waals surface area contributed by atoms with E-state index in [-0.39, 0.29) is 23.8 Å². The van der Waals surface area contributed by atoms with Crippen LogP contribution in [0.2, 0.25) is 0 Å². The van der Waals surface area contributed by atoms with Gasteiger partial charge >= 0.3 is 0 Å². The number of benzene rings is 2. The third-order valence-corrected chi connectivity index (χ3v) is 3.42. The lowest BCUT2D eigenvalue weighted by molar-refractivity contribution is -0.123. The summed E-state index contributed by atoms with van der Waals surface area (Å²) in [5, 5.41) is 2.75. The van der Waals surface area contributed by atoms with Crippen molar-refractivity contribution >= 4 is 11.8 Å². The third kappa shape index (κ3) is 4.74. The first kappa shape index (κ1) is 17.3. The average molecular weight is 328 g/mol. The van der Waals surface area contributed by atoms with Crippen molar-refractivity contribution in [1.29, 1.82) is 0 Å². The van der Waals surface area contributed by atoms with Crippen molar-refractivity contribution in [2.45, 2.75) is 13.5 Å². The Bertz CT molecular complexity index is 726. The fraction of sp³-hybridized carbons (Fsp3) is 0.222. The van der Waals surface area contributed by atoms with Gasteiger partial charge in [-0.15, -0.1) is 0 Å². The van der Waals surface area contributed by atoms with Crippen molar-refractivity contribution in [3.8, 4) is 11.5 Å². The van der Waals surface area contributed by atoms with Crippen molar-refractivity contribution in [3.05, 3.63) is 59.2 Å². The zero-order valence-electron chi connectivity index (χ0n) is 13.7. The highest BCUT2D eigenvalue weighted by molar-refractivity contribution is 5.96. The Labute approximate surface area is 140 Å². The predicted octanol–water partition coefficient (Wildman–Crippen LogP) is 1.80. The van der Waals surface area contributed by atoms with Gasteiger partial charge in [-0.25, -0.2) is 0 Å². The van der Waals surface area contributed by atoms with Crippen LogP contribution in [0.5, 0.6) is 11.5 Å². The molecule has 6 heteroatoms. The van der Waals surface area contributed by atoms with Crippen LogP contribution >= 0.6 is 0 Å². The Morgan fingerprint density at radius 1 is 1.12 bits per heavy atom. The second-order valence-corrected chi connectivity index (χ2v) is 5.28. The lowest BCUT2D eigenvalue weighted by Crippen LogP contribution is -2.28. The van der Waals surface area contributed by atoms with Crippen LogP contribution in [0.1, 0.15) is 21.5 Å². The number of aryl methyl sites for hydroxylation is 1.